The fraction of sp³-hybridized carbons (Fsp3) is 0.444. The highest BCUT2D eigenvalue weighted by Crippen LogP contribution is 2.32. The van der Waals surface area contributed by atoms with Crippen molar-refractivity contribution in [2.24, 2.45) is 5.92 Å². The van der Waals surface area contributed by atoms with Gasteiger partial charge in [-0.3, -0.25) is 9.69 Å². The van der Waals surface area contributed by atoms with Gasteiger partial charge in [0, 0.05) is 22.7 Å². The smallest absolute Gasteiger partial charge is 0.307 e. The van der Waals surface area contributed by atoms with Gasteiger partial charge in [0.2, 0.25) is 0 Å². The first kappa shape index (κ1) is 15.7. The monoisotopic (exact) mass is 345 g/mol. The van der Waals surface area contributed by atoms with E-state index in [0.717, 1.165) is 31.5 Å². The molecule has 1 aromatic heterocycles. The number of carbonyl (C=O) groups excluding carboxylic acids is 1. The van der Waals surface area contributed by atoms with E-state index < -0.39 is 0 Å². The number of hydrogen-bond donors (Lipinski definition) is 1. The minimum atomic E-state index is -0.242. The molecule has 1 amide bonds. The number of nitrogens with one attached hydrogen (secondary N) is 1. The van der Waals surface area contributed by atoms with Crippen LogP contribution in [-0.4, -0.2) is 41.0 Å². The average Bonchev–Trinajstić information content (AvgIpc) is 3.09. The van der Waals surface area contributed by atoms with Gasteiger partial charge in [0.25, 0.3) is 5.89 Å². The lowest BCUT2D eigenvalue weighted by molar-refractivity contribution is 0.0210. The van der Waals surface area contributed by atoms with Crippen LogP contribution >= 0.6 is 11.6 Å². The second kappa shape index (κ2) is 6.22. The molecule has 4 heterocycles. The molecule has 5 rings (SSSR count). The number of piperidine rings is 3. The van der Waals surface area contributed by atoms with E-state index in [-0.39, 0.29) is 17.8 Å². The van der Waals surface area contributed by atoms with Crippen molar-refractivity contribution in [3.8, 4) is 11.3 Å². The Balaban J connectivity index is 1.49. The lowest BCUT2D eigenvalue weighted by Gasteiger charge is -2.49. The van der Waals surface area contributed by atoms with E-state index >= 15 is 0 Å². The molecule has 0 radical (unpaired) electrons. The number of amides is 1. The Hall–Kier alpha value is -1.85. The van der Waals surface area contributed by atoms with Gasteiger partial charge in [-0.1, -0.05) is 23.7 Å². The molecule has 3 fully saturated rings. The molecule has 1 aromatic carbocycles. The van der Waals surface area contributed by atoms with E-state index in [1.165, 1.54) is 0 Å². The zero-order valence-electron chi connectivity index (χ0n) is 13.5. The summed E-state index contributed by atoms with van der Waals surface area (Å²) in [7, 11) is 0. The quantitative estimate of drug-likeness (QED) is 0.928. The van der Waals surface area contributed by atoms with Crippen LogP contribution in [0.2, 0.25) is 5.02 Å². The first-order valence-electron chi connectivity index (χ1n) is 8.38. The summed E-state index contributed by atoms with van der Waals surface area (Å²) in [5.74, 6) is 0.962. The molecule has 6 heteroatoms. The number of aromatic nitrogens is 1. The van der Waals surface area contributed by atoms with Gasteiger partial charge in [-0.15, -0.1) is 0 Å². The van der Waals surface area contributed by atoms with Crippen LogP contribution in [-0.2, 0) is 0 Å². The zero-order chi connectivity index (χ0) is 16.7. The van der Waals surface area contributed by atoms with Gasteiger partial charge in [-0.05, 0) is 50.9 Å². The molecule has 126 valence electrons. The molecule has 2 aromatic rings. The molecule has 5 nitrogen and oxygen atoms in total. The van der Waals surface area contributed by atoms with E-state index in [0.29, 0.717) is 22.7 Å². The van der Waals surface area contributed by atoms with E-state index in [4.69, 9.17) is 16.0 Å². The summed E-state index contributed by atoms with van der Waals surface area (Å²) in [6, 6.07) is 7.84. The van der Waals surface area contributed by atoms with Crippen molar-refractivity contribution in [3.63, 3.8) is 0 Å². The van der Waals surface area contributed by atoms with Crippen molar-refractivity contribution in [2.45, 2.75) is 31.8 Å². The molecule has 3 aliphatic heterocycles. The Morgan fingerprint density at radius 2 is 2.17 bits per heavy atom. The lowest BCUT2D eigenvalue weighted by Crippen LogP contribution is -2.62. The Bertz CT molecular complexity index is 750. The van der Waals surface area contributed by atoms with Crippen molar-refractivity contribution in [2.75, 3.05) is 13.1 Å². The van der Waals surface area contributed by atoms with E-state index in [2.05, 4.69) is 22.1 Å². The molecule has 3 aliphatic rings. The van der Waals surface area contributed by atoms with Crippen LogP contribution in [0.5, 0.6) is 0 Å². The fourth-order valence-corrected chi connectivity index (χ4v) is 4.10. The van der Waals surface area contributed by atoms with Gasteiger partial charge in [-0.25, -0.2) is 4.98 Å². The molecule has 2 atom stereocenters. The molecule has 0 saturated carbocycles. The van der Waals surface area contributed by atoms with Gasteiger partial charge in [0.1, 0.15) is 0 Å². The number of benzene rings is 1. The Morgan fingerprint density at radius 1 is 1.38 bits per heavy atom. The van der Waals surface area contributed by atoms with Crippen LogP contribution in [0, 0.1) is 5.92 Å². The third-order valence-corrected chi connectivity index (χ3v) is 5.52. The highest BCUT2D eigenvalue weighted by Gasteiger charge is 2.40. The normalized spacial score (nSPS) is 28.8. The molecular weight excluding hydrogens is 326 g/mol. The topological polar surface area (TPSA) is 58.4 Å². The Kier molecular flexibility index (Phi) is 4.06. The summed E-state index contributed by atoms with van der Waals surface area (Å²) in [4.78, 5) is 19.1. The van der Waals surface area contributed by atoms with Crippen LogP contribution in [0.1, 0.15) is 30.5 Å². The highest BCUT2D eigenvalue weighted by atomic mass is 35.5. The predicted molar refractivity (Wildman–Crippen MR) is 92.0 cm³/mol. The number of fused-ring (bicyclic) bond motifs is 3. The summed E-state index contributed by atoms with van der Waals surface area (Å²) < 4.78 is 5.65. The number of nitrogens with zero attached hydrogens (tertiary/aromatic N) is 2. The van der Waals surface area contributed by atoms with E-state index in [9.17, 15) is 4.79 Å². The maximum Gasteiger partial charge on any atom is 0.307 e. The first-order chi connectivity index (χ1) is 11.6. The number of hydrogen-bond acceptors (Lipinski definition) is 4. The zero-order valence-corrected chi connectivity index (χ0v) is 14.3. The highest BCUT2D eigenvalue weighted by molar-refractivity contribution is 6.30. The van der Waals surface area contributed by atoms with Crippen LogP contribution in [0.25, 0.3) is 11.3 Å². The van der Waals surface area contributed by atoms with Gasteiger partial charge in [0.05, 0.1) is 6.20 Å². The third kappa shape index (κ3) is 2.82. The second-order valence-electron chi connectivity index (χ2n) is 6.65. The van der Waals surface area contributed by atoms with Crippen LogP contribution in [0.15, 0.2) is 34.9 Å². The van der Waals surface area contributed by atoms with Crippen LogP contribution < -0.4 is 5.32 Å². The van der Waals surface area contributed by atoms with Crippen LogP contribution in [0.4, 0.5) is 0 Å². The molecule has 24 heavy (non-hydrogen) atoms. The van der Waals surface area contributed by atoms with Crippen molar-refractivity contribution >= 4 is 17.5 Å². The summed E-state index contributed by atoms with van der Waals surface area (Å²) in [5.41, 5.74) is 0.810. The van der Waals surface area contributed by atoms with Gasteiger partial charge in [0.15, 0.2) is 5.76 Å². The maximum atomic E-state index is 12.5. The number of oxazole rings is 1. The van der Waals surface area contributed by atoms with Crippen molar-refractivity contribution in [1.29, 1.82) is 0 Å². The SMILES string of the molecule is C[C@@H]1[C@H](NC(=O)c2ncc(-c3cccc(Cl)c3)o2)C2CCN1CC2. The molecule has 3 saturated heterocycles. The Labute approximate surface area is 146 Å². The first-order valence-corrected chi connectivity index (χ1v) is 8.76. The van der Waals surface area contributed by atoms with Gasteiger partial charge < -0.3 is 9.73 Å². The van der Waals surface area contributed by atoms with E-state index in [1.54, 1.807) is 18.3 Å². The minimum Gasteiger partial charge on any atom is -0.432 e. The molecule has 0 aliphatic carbocycles. The Morgan fingerprint density at radius 3 is 2.88 bits per heavy atom. The van der Waals surface area contributed by atoms with Crippen molar-refractivity contribution in [1.82, 2.24) is 15.2 Å². The summed E-state index contributed by atoms with van der Waals surface area (Å²) >= 11 is 6.00. The molecule has 0 unspecified atom stereocenters. The molecule has 0 spiro atoms. The molecule has 2 bridgehead atoms. The molecule has 1 N–H and O–H groups in total. The average molecular weight is 346 g/mol. The third-order valence-electron chi connectivity index (χ3n) is 5.28. The maximum absolute atomic E-state index is 12.5. The minimum absolute atomic E-state index is 0.105. The van der Waals surface area contributed by atoms with E-state index in [1.807, 2.05) is 12.1 Å². The number of halogens is 1. The van der Waals surface area contributed by atoms with Crippen molar-refractivity contribution < 1.29 is 9.21 Å². The largest absolute Gasteiger partial charge is 0.432 e. The summed E-state index contributed by atoms with van der Waals surface area (Å²) in [6.07, 6.45) is 3.86. The standard InChI is InChI=1S/C18H20ClN3O2/c1-11-16(12-5-7-22(11)8-6-12)21-17(23)18-20-10-15(24-18)13-3-2-4-14(19)9-13/h2-4,9-12,16H,5-8H2,1H3,(H,21,23)/t11-,16+/m1/s1. The van der Waals surface area contributed by atoms with Crippen molar-refractivity contribution in [3.05, 3.63) is 41.4 Å². The van der Waals surface area contributed by atoms with Crippen LogP contribution in [0.3, 0.4) is 0 Å². The predicted octanol–water partition coefficient (Wildman–Crippen LogP) is 3.21. The second-order valence-corrected chi connectivity index (χ2v) is 7.09. The number of carbonyl (C=O) groups is 1. The summed E-state index contributed by atoms with van der Waals surface area (Å²) in [6.45, 7) is 4.45. The summed E-state index contributed by atoms with van der Waals surface area (Å²) in [5, 5.41) is 3.75. The fourth-order valence-electron chi connectivity index (χ4n) is 3.91. The van der Waals surface area contributed by atoms with Gasteiger partial charge >= 0.3 is 5.91 Å². The van der Waals surface area contributed by atoms with Gasteiger partial charge in [-0.2, -0.15) is 0 Å². The molecular formula is C18H20ClN3O2. The lowest BCUT2D eigenvalue weighted by atomic mass is 9.79. The number of rotatable bonds is 3.